The third-order valence-corrected chi connectivity index (χ3v) is 5.88. The third-order valence-electron chi connectivity index (χ3n) is 5.88. The van der Waals surface area contributed by atoms with Crippen molar-refractivity contribution in [3.63, 3.8) is 0 Å². The fourth-order valence-electron chi connectivity index (χ4n) is 3.93. The molecule has 37 heavy (non-hydrogen) atoms. The average molecular weight is 507 g/mol. The highest BCUT2D eigenvalue weighted by Crippen LogP contribution is 2.28. The first-order valence-corrected chi connectivity index (χ1v) is 11.7. The van der Waals surface area contributed by atoms with Gasteiger partial charge in [0.2, 0.25) is 0 Å². The highest BCUT2D eigenvalue weighted by molar-refractivity contribution is 5.97. The van der Waals surface area contributed by atoms with Gasteiger partial charge in [0.1, 0.15) is 34.7 Å². The lowest BCUT2D eigenvalue weighted by Gasteiger charge is -2.26. The molecule has 1 aliphatic heterocycles. The van der Waals surface area contributed by atoms with Crippen LogP contribution in [0.3, 0.4) is 0 Å². The number of benzene rings is 3. The number of ether oxygens (including phenoxy) is 2. The standard InChI is InChI=1S/C27H26N2O8/c30-18-10-6-17(7-11-18)26(34)37-23-5-2-14-28-15-20(23)29-25(33)16-8-12-19(13-9-16)36-27(35)24-21(31)3-1-4-22(24)32/h1,3-4,6-13,20,23,28,30-32H,2,5,14-15H2,(H,29,33)/t20-,23-/m1/s1. The lowest BCUT2D eigenvalue weighted by molar-refractivity contribution is 0.0192. The van der Waals surface area contributed by atoms with Gasteiger partial charge in [-0.3, -0.25) is 4.79 Å². The Bertz CT molecular complexity index is 1250. The molecular formula is C27H26N2O8. The van der Waals surface area contributed by atoms with Crippen LogP contribution < -0.4 is 15.4 Å². The average Bonchev–Trinajstić information content (AvgIpc) is 3.09. The van der Waals surface area contributed by atoms with E-state index >= 15 is 0 Å². The molecule has 3 aromatic carbocycles. The van der Waals surface area contributed by atoms with Crippen LogP contribution in [0.1, 0.15) is 43.9 Å². The zero-order valence-electron chi connectivity index (χ0n) is 19.7. The molecule has 0 saturated carbocycles. The molecule has 2 atom stereocenters. The Balaban J connectivity index is 1.40. The van der Waals surface area contributed by atoms with Gasteiger partial charge in [-0.05, 0) is 80.1 Å². The van der Waals surface area contributed by atoms with E-state index in [0.717, 1.165) is 6.42 Å². The van der Waals surface area contributed by atoms with Crippen molar-refractivity contribution < 1.29 is 39.2 Å². The molecule has 0 aromatic heterocycles. The van der Waals surface area contributed by atoms with E-state index in [1.165, 1.54) is 66.7 Å². The van der Waals surface area contributed by atoms with Gasteiger partial charge in [-0.25, -0.2) is 9.59 Å². The van der Waals surface area contributed by atoms with Gasteiger partial charge in [0, 0.05) is 12.1 Å². The number of phenols is 3. The third kappa shape index (κ3) is 6.36. The Labute approximate surface area is 212 Å². The predicted molar refractivity (Wildman–Crippen MR) is 132 cm³/mol. The molecule has 0 spiro atoms. The predicted octanol–water partition coefficient (Wildman–Crippen LogP) is 2.73. The quantitative estimate of drug-likeness (QED) is 0.251. The van der Waals surface area contributed by atoms with E-state index < -0.39 is 41.5 Å². The van der Waals surface area contributed by atoms with E-state index in [1.807, 2.05) is 0 Å². The molecule has 4 rings (SSSR count). The smallest absolute Gasteiger partial charge is 0.351 e. The van der Waals surface area contributed by atoms with Gasteiger partial charge in [-0.1, -0.05) is 6.07 Å². The summed E-state index contributed by atoms with van der Waals surface area (Å²) >= 11 is 0. The maximum absolute atomic E-state index is 12.9. The zero-order valence-corrected chi connectivity index (χ0v) is 19.7. The summed E-state index contributed by atoms with van der Waals surface area (Å²) in [5, 5.41) is 35.2. The van der Waals surface area contributed by atoms with Crippen molar-refractivity contribution in [2.24, 2.45) is 0 Å². The number of carbonyl (C=O) groups is 3. The van der Waals surface area contributed by atoms with Crippen molar-refractivity contribution in [2.75, 3.05) is 13.1 Å². The van der Waals surface area contributed by atoms with Gasteiger partial charge in [-0.15, -0.1) is 0 Å². The minimum absolute atomic E-state index is 0.0394. The maximum atomic E-state index is 12.9. The first-order chi connectivity index (χ1) is 17.8. The summed E-state index contributed by atoms with van der Waals surface area (Å²) in [6.07, 6.45) is 0.745. The number of hydrogen-bond acceptors (Lipinski definition) is 9. The number of amides is 1. The molecule has 0 unspecified atom stereocenters. The lowest BCUT2D eigenvalue weighted by Crippen LogP contribution is -2.49. The molecule has 3 aromatic rings. The second-order valence-corrected chi connectivity index (χ2v) is 8.50. The molecule has 1 heterocycles. The summed E-state index contributed by atoms with van der Waals surface area (Å²) in [6, 6.07) is 14.9. The first kappa shape index (κ1) is 25.5. The molecule has 0 radical (unpaired) electrons. The van der Waals surface area contributed by atoms with Crippen LogP contribution in [0, 0.1) is 0 Å². The molecule has 1 amide bonds. The molecule has 192 valence electrons. The van der Waals surface area contributed by atoms with Gasteiger partial charge in [0.05, 0.1) is 11.6 Å². The summed E-state index contributed by atoms with van der Waals surface area (Å²) in [5.41, 5.74) is 0.221. The second kappa shape index (κ2) is 11.4. The molecule has 0 aliphatic carbocycles. The van der Waals surface area contributed by atoms with Gasteiger partial charge >= 0.3 is 11.9 Å². The monoisotopic (exact) mass is 506 g/mol. The van der Waals surface area contributed by atoms with Crippen molar-refractivity contribution in [3.05, 3.63) is 83.4 Å². The number of phenolic OH excluding ortho intramolecular Hbond substituents is 3. The minimum Gasteiger partial charge on any atom is -0.508 e. The Kier molecular flexibility index (Phi) is 7.89. The van der Waals surface area contributed by atoms with Crippen molar-refractivity contribution in [3.8, 4) is 23.0 Å². The molecule has 0 bridgehead atoms. The van der Waals surface area contributed by atoms with Crippen LogP contribution in [0.2, 0.25) is 0 Å². The highest BCUT2D eigenvalue weighted by Gasteiger charge is 2.29. The largest absolute Gasteiger partial charge is 0.508 e. The molecule has 1 aliphatic rings. The molecule has 1 fully saturated rings. The number of rotatable bonds is 6. The van der Waals surface area contributed by atoms with Crippen LogP contribution in [0.5, 0.6) is 23.0 Å². The first-order valence-electron chi connectivity index (χ1n) is 11.7. The second-order valence-electron chi connectivity index (χ2n) is 8.50. The summed E-state index contributed by atoms with van der Waals surface area (Å²) < 4.78 is 10.9. The number of nitrogens with one attached hydrogen (secondary N) is 2. The fraction of sp³-hybridized carbons (Fsp3) is 0.222. The van der Waals surface area contributed by atoms with Crippen LogP contribution in [-0.2, 0) is 4.74 Å². The number of carbonyl (C=O) groups excluding carboxylic acids is 3. The number of hydrogen-bond donors (Lipinski definition) is 5. The van der Waals surface area contributed by atoms with Gasteiger partial charge in [0.25, 0.3) is 5.91 Å². The van der Waals surface area contributed by atoms with Gasteiger partial charge in [-0.2, -0.15) is 0 Å². The van der Waals surface area contributed by atoms with E-state index in [-0.39, 0.29) is 22.6 Å². The van der Waals surface area contributed by atoms with E-state index in [9.17, 15) is 29.7 Å². The highest BCUT2D eigenvalue weighted by atomic mass is 16.5. The van der Waals surface area contributed by atoms with Crippen LogP contribution in [0.25, 0.3) is 0 Å². The van der Waals surface area contributed by atoms with Gasteiger partial charge in [0.15, 0.2) is 0 Å². The van der Waals surface area contributed by atoms with Crippen LogP contribution in [-0.4, -0.2) is 58.4 Å². The molecule has 1 saturated heterocycles. The van der Waals surface area contributed by atoms with E-state index in [0.29, 0.717) is 25.1 Å². The Hall–Kier alpha value is -4.57. The SMILES string of the molecule is O=C(N[C@@H]1CNCCC[C@H]1OC(=O)c1ccc(O)cc1)c1ccc(OC(=O)c2c(O)cccc2O)cc1. The topological polar surface area (TPSA) is 154 Å². The Morgan fingerprint density at radius 3 is 2.16 bits per heavy atom. The lowest BCUT2D eigenvalue weighted by atomic mass is 10.1. The van der Waals surface area contributed by atoms with Crippen molar-refractivity contribution in [1.82, 2.24) is 10.6 Å². The van der Waals surface area contributed by atoms with Crippen LogP contribution >= 0.6 is 0 Å². The van der Waals surface area contributed by atoms with E-state index in [2.05, 4.69) is 10.6 Å². The van der Waals surface area contributed by atoms with E-state index in [4.69, 9.17) is 9.47 Å². The molecule has 10 heteroatoms. The summed E-state index contributed by atoms with van der Waals surface area (Å²) in [5.74, 6) is -2.59. The van der Waals surface area contributed by atoms with Crippen LogP contribution in [0.15, 0.2) is 66.7 Å². The Morgan fingerprint density at radius 2 is 1.49 bits per heavy atom. The molecule has 10 nitrogen and oxygen atoms in total. The van der Waals surface area contributed by atoms with E-state index in [1.54, 1.807) is 0 Å². The zero-order chi connectivity index (χ0) is 26.4. The number of aromatic hydroxyl groups is 3. The molecular weight excluding hydrogens is 480 g/mol. The Morgan fingerprint density at radius 1 is 0.838 bits per heavy atom. The number of esters is 2. The maximum Gasteiger partial charge on any atom is 0.351 e. The fourth-order valence-corrected chi connectivity index (χ4v) is 3.93. The minimum atomic E-state index is -0.949. The molecule has 5 N–H and O–H groups in total. The van der Waals surface area contributed by atoms with Crippen LogP contribution in [0.4, 0.5) is 0 Å². The van der Waals surface area contributed by atoms with Crippen molar-refractivity contribution in [1.29, 1.82) is 0 Å². The summed E-state index contributed by atoms with van der Waals surface area (Å²) in [6.45, 7) is 1.12. The summed E-state index contributed by atoms with van der Waals surface area (Å²) in [7, 11) is 0. The van der Waals surface area contributed by atoms with Crippen molar-refractivity contribution in [2.45, 2.75) is 25.0 Å². The normalized spacial score (nSPS) is 17.3. The van der Waals surface area contributed by atoms with Gasteiger partial charge < -0.3 is 35.4 Å². The summed E-state index contributed by atoms with van der Waals surface area (Å²) in [4.78, 5) is 37.9. The van der Waals surface area contributed by atoms with Crippen molar-refractivity contribution >= 4 is 17.8 Å².